The number of aromatic amines is 1. The van der Waals surface area contributed by atoms with E-state index in [-0.39, 0.29) is 0 Å². The van der Waals surface area contributed by atoms with Crippen molar-refractivity contribution in [2.75, 3.05) is 18.0 Å². The van der Waals surface area contributed by atoms with Gasteiger partial charge in [-0.3, -0.25) is 0 Å². The first-order valence-electron chi connectivity index (χ1n) is 10.2. The van der Waals surface area contributed by atoms with Gasteiger partial charge >= 0.3 is 0 Å². The standard InChI is InChI=1S/C23H26N4O/c1-14(2)17-5-7-21-20(13-17)26-23(28-21)27-10-8-16(9-11-27)22-24-18-6-4-15(3)12-19(18)25-22/h4-7,12-14,16H,8-11H2,1-3H3,(H,24,25). The van der Waals surface area contributed by atoms with Crippen molar-refractivity contribution in [3.8, 4) is 0 Å². The van der Waals surface area contributed by atoms with Crippen LogP contribution in [0.3, 0.4) is 0 Å². The maximum absolute atomic E-state index is 6.04. The molecule has 1 saturated heterocycles. The SMILES string of the molecule is Cc1ccc2nc(C3CCN(c4nc5cc(C(C)C)ccc5o4)CC3)[nH]c2c1. The van der Waals surface area contributed by atoms with Gasteiger partial charge in [-0.05, 0) is 61.1 Å². The van der Waals surface area contributed by atoms with Crippen molar-refractivity contribution in [2.24, 2.45) is 0 Å². The van der Waals surface area contributed by atoms with Gasteiger partial charge in [-0.2, -0.15) is 4.98 Å². The summed E-state index contributed by atoms with van der Waals surface area (Å²) in [5.41, 5.74) is 6.57. The molecule has 0 aliphatic carbocycles. The molecule has 0 amide bonds. The van der Waals surface area contributed by atoms with Crippen LogP contribution in [0.2, 0.25) is 0 Å². The minimum absolute atomic E-state index is 0.459. The molecule has 1 fully saturated rings. The van der Waals surface area contributed by atoms with Crippen LogP contribution < -0.4 is 4.90 Å². The summed E-state index contributed by atoms with van der Waals surface area (Å²) in [5, 5.41) is 0. The molecule has 0 radical (unpaired) electrons. The number of anilines is 1. The van der Waals surface area contributed by atoms with Crippen LogP contribution in [-0.4, -0.2) is 28.0 Å². The third-order valence-corrected chi connectivity index (χ3v) is 5.87. The minimum atomic E-state index is 0.459. The normalized spacial score (nSPS) is 15.9. The van der Waals surface area contributed by atoms with E-state index >= 15 is 0 Å². The maximum atomic E-state index is 6.04. The van der Waals surface area contributed by atoms with Gasteiger partial charge in [0.2, 0.25) is 0 Å². The third kappa shape index (κ3) is 3.05. The fraction of sp³-hybridized carbons (Fsp3) is 0.391. The Labute approximate surface area is 164 Å². The Morgan fingerprint density at radius 2 is 1.86 bits per heavy atom. The number of imidazole rings is 1. The number of rotatable bonds is 3. The fourth-order valence-electron chi connectivity index (χ4n) is 4.11. The van der Waals surface area contributed by atoms with Gasteiger partial charge in [0, 0.05) is 19.0 Å². The quantitative estimate of drug-likeness (QED) is 0.513. The Bertz CT molecular complexity index is 1130. The van der Waals surface area contributed by atoms with E-state index in [1.807, 2.05) is 6.07 Å². The number of benzene rings is 2. The van der Waals surface area contributed by atoms with Gasteiger partial charge in [0.1, 0.15) is 11.3 Å². The molecule has 1 N–H and O–H groups in total. The highest BCUT2D eigenvalue weighted by Crippen LogP contribution is 2.32. The van der Waals surface area contributed by atoms with Crippen LogP contribution in [0.15, 0.2) is 40.8 Å². The van der Waals surface area contributed by atoms with Gasteiger partial charge in [0.05, 0.1) is 11.0 Å². The highest BCUT2D eigenvalue weighted by molar-refractivity contribution is 5.76. The molecule has 3 heterocycles. The van der Waals surface area contributed by atoms with E-state index in [4.69, 9.17) is 14.4 Å². The second kappa shape index (κ2) is 6.66. The lowest BCUT2D eigenvalue weighted by atomic mass is 9.96. The van der Waals surface area contributed by atoms with Gasteiger partial charge in [-0.25, -0.2) is 4.98 Å². The topological polar surface area (TPSA) is 58.0 Å². The second-order valence-electron chi connectivity index (χ2n) is 8.28. The lowest BCUT2D eigenvalue weighted by molar-refractivity contribution is 0.457. The van der Waals surface area contributed by atoms with Crippen LogP contribution in [0.4, 0.5) is 6.01 Å². The number of hydrogen-bond acceptors (Lipinski definition) is 4. The molecule has 0 atom stereocenters. The molecule has 5 nitrogen and oxygen atoms in total. The van der Waals surface area contributed by atoms with Crippen LogP contribution >= 0.6 is 0 Å². The lowest BCUT2D eigenvalue weighted by Gasteiger charge is -2.29. The number of hydrogen-bond donors (Lipinski definition) is 1. The summed E-state index contributed by atoms with van der Waals surface area (Å²) < 4.78 is 6.04. The summed E-state index contributed by atoms with van der Waals surface area (Å²) >= 11 is 0. The molecule has 5 heteroatoms. The summed E-state index contributed by atoms with van der Waals surface area (Å²) in [5.74, 6) is 2.06. The van der Waals surface area contributed by atoms with E-state index in [0.29, 0.717) is 11.8 Å². The molecule has 144 valence electrons. The molecular formula is C23H26N4O. The van der Waals surface area contributed by atoms with Crippen LogP contribution in [0.5, 0.6) is 0 Å². The van der Waals surface area contributed by atoms with Crippen molar-refractivity contribution in [1.82, 2.24) is 15.0 Å². The van der Waals surface area contributed by atoms with Crippen molar-refractivity contribution < 1.29 is 4.42 Å². The zero-order valence-corrected chi connectivity index (χ0v) is 16.7. The predicted molar refractivity (Wildman–Crippen MR) is 113 cm³/mol. The Kier molecular flexibility index (Phi) is 4.11. The van der Waals surface area contributed by atoms with Crippen LogP contribution in [0, 0.1) is 6.92 Å². The molecule has 0 spiro atoms. The van der Waals surface area contributed by atoms with Crippen molar-refractivity contribution >= 4 is 28.1 Å². The Morgan fingerprint density at radius 3 is 2.64 bits per heavy atom. The van der Waals surface area contributed by atoms with Crippen molar-refractivity contribution in [3.63, 3.8) is 0 Å². The molecule has 4 aromatic rings. The van der Waals surface area contributed by atoms with Gasteiger partial charge in [0.25, 0.3) is 6.01 Å². The van der Waals surface area contributed by atoms with Crippen LogP contribution in [0.25, 0.3) is 22.1 Å². The number of nitrogens with zero attached hydrogens (tertiary/aromatic N) is 3. The molecule has 5 rings (SSSR count). The molecule has 0 saturated carbocycles. The maximum Gasteiger partial charge on any atom is 0.298 e. The van der Waals surface area contributed by atoms with E-state index in [2.05, 4.69) is 61.0 Å². The number of H-pyrrole nitrogens is 1. The van der Waals surface area contributed by atoms with Gasteiger partial charge in [-0.15, -0.1) is 0 Å². The van der Waals surface area contributed by atoms with Gasteiger partial charge in [-0.1, -0.05) is 26.0 Å². The first-order valence-corrected chi connectivity index (χ1v) is 10.2. The number of fused-ring (bicyclic) bond motifs is 2. The average molecular weight is 374 g/mol. The third-order valence-electron chi connectivity index (χ3n) is 5.87. The molecule has 28 heavy (non-hydrogen) atoms. The van der Waals surface area contributed by atoms with Crippen molar-refractivity contribution in [3.05, 3.63) is 53.3 Å². The van der Waals surface area contributed by atoms with Crippen molar-refractivity contribution in [2.45, 2.75) is 45.4 Å². The van der Waals surface area contributed by atoms with E-state index < -0.39 is 0 Å². The molecule has 0 unspecified atom stereocenters. The minimum Gasteiger partial charge on any atom is -0.423 e. The van der Waals surface area contributed by atoms with E-state index in [0.717, 1.165) is 59.9 Å². The van der Waals surface area contributed by atoms with E-state index in [1.165, 1.54) is 11.1 Å². The zero-order valence-electron chi connectivity index (χ0n) is 16.7. The Hall–Kier alpha value is -2.82. The monoisotopic (exact) mass is 374 g/mol. The van der Waals surface area contributed by atoms with Gasteiger partial charge < -0.3 is 14.3 Å². The van der Waals surface area contributed by atoms with E-state index in [9.17, 15) is 0 Å². The summed E-state index contributed by atoms with van der Waals surface area (Å²) in [6, 6.07) is 13.5. The number of oxazole rings is 1. The molecular weight excluding hydrogens is 348 g/mol. The average Bonchev–Trinajstić information content (AvgIpc) is 3.31. The van der Waals surface area contributed by atoms with Crippen molar-refractivity contribution in [1.29, 1.82) is 0 Å². The van der Waals surface area contributed by atoms with Gasteiger partial charge in [0.15, 0.2) is 5.58 Å². The number of nitrogens with one attached hydrogen (secondary N) is 1. The second-order valence-corrected chi connectivity index (χ2v) is 8.28. The Balaban J connectivity index is 1.33. The number of aryl methyl sites for hydroxylation is 1. The summed E-state index contributed by atoms with van der Waals surface area (Å²) in [6.45, 7) is 8.39. The molecule has 2 aromatic carbocycles. The first kappa shape index (κ1) is 17.3. The lowest BCUT2D eigenvalue weighted by Crippen LogP contribution is -2.33. The summed E-state index contributed by atoms with van der Waals surface area (Å²) in [4.78, 5) is 15.4. The smallest absolute Gasteiger partial charge is 0.298 e. The molecule has 2 aromatic heterocycles. The fourth-order valence-corrected chi connectivity index (χ4v) is 4.11. The highest BCUT2D eigenvalue weighted by atomic mass is 16.4. The first-order chi connectivity index (χ1) is 13.6. The number of aromatic nitrogens is 3. The highest BCUT2D eigenvalue weighted by Gasteiger charge is 2.25. The Morgan fingerprint density at radius 1 is 1.04 bits per heavy atom. The van der Waals surface area contributed by atoms with Crippen LogP contribution in [0.1, 0.15) is 55.5 Å². The molecule has 1 aliphatic heterocycles. The zero-order chi connectivity index (χ0) is 19.3. The molecule has 0 bridgehead atoms. The predicted octanol–water partition coefficient (Wildman–Crippen LogP) is 5.52. The van der Waals surface area contributed by atoms with E-state index in [1.54, 1.807) is 0 Å². The molecule has 1 aliphatic rings. The summed E-state index contributed by atoms with van der Waals surface area (Å²) in [6.07, 6.45) is 2.10. The largest absolute Gasteiger partial charge is 0.423 e. The van der Waals surface area contributed by atoms with Crippen LogP contribution in [-0.2, 0) is 0 Å². The number of piperidine rings is 1. The summed E-state index contributed by atoms with van der Waals surface area (Å²) in [7, 11) is 0.